The SMILES string of the molecule is Cc1nnc(-c2c[nH]c3nccc(Oc4c(F)cc(CC5=NCC(C)(CO)CO5)cc4F)c23)o1. The zero-order valence-corrected chi connectivity index (χ0v) is 18.4. The van der Waals surface area contributed by atoms with Gasteiger partial charge in [-0.2, -0.15) is 0 Å². The zero-order chi connectivity index (χ0) is 23.9. The molecule has 0 spiro atoms. The van der Waals surface area contributed by atoms with Crippen molar-refractivity contribution in [3.63, 3.8) is 0 Å². The smallest absolute Gasteiger partial charge is 0.250 e. The second-order valence-electron chi connectivity index (χ2n) is 8.50. The molecule has 11 heteroatoms. The minimum atomic E-state index is -0.873. The zero-order valence-electron chi connectivity index (χ0n) is 18.4. The van der Waals surface area contributed by atoms with Crippen molar-refractivity contribution in [1.29, 1.82) is 0 Å². The molecular weight excluding hydrogens is 448 g/mol. The van der Waals surface area contributed by atoms with Crippen molar-refractivity contribution in [3.8, 4) is 23.0 Å². The maximum atomic E-state index is 14.9. The van der Waals surface area contributed by atoms with Crippen molar-refractivity contribution >= 4 is 16.9 Å². The largest absolute Gasteiger partial charge is 0.480 e. The number of ether oxygens (including phenoxy) is 2. The Morgan fingerprint density at radius 2 is 2.03 bits per heavy atom. The van der Waals surface area contributed by atoms with Gasteiger partial charge in [-0.1, -0.05) is 6.92 Å². The highest BCUT2D eigenvalue weighted by atomic mass is 19.1. The molecule has 0 saturated heterocycles. The van der Waals surface area contributed by atoms with Gasteiger partial charge in [-0.25, -0.2) is 13.8 Å². The van der Waals surface area contributed by atoms with Crippen LogP contribution >= 0.6 is 0 Å². The van der Waals surface area contributed by atoms with E-state index in [0.717, 1.165) is 0 Å². The van der Waals surface area contributed by atoms with Crippen LogP contribution in [0.3, 0.4) is 0 Å². The molecule has 1 atom stereocenters. The molecule has 4 aromatic rings. The molecule has 0 radical (unpaired) electrons. The molecule has 5 rings (SSSR count). The van der Waals surface area contributed by atoms with Crippen LogP contribution < -0.4 is 4.74 Å². The third-order valence-electron chi connectivity index (χ3n) is 5.52. The molecule has 9 nitrogen and oxygen atoms in total. The van der Waals surface area contributed by atoms with Crippen LogP contribution in [0.1, 0.15) is 18.4 Å². The lowest BCUT2D eigenvalue weighted by Crippen LogP contribution is -2.36. The minimum Gasteiger partial charge on any atom is -0.480 e. The van der Waals surface area contributed by atoms with Crippen molar-refractivity contribution in [1.82, 2.24) is 20.2 Å². The van der Waals surface area contributed by atoms with Gasteiger partial charge in [0.05, 0.1) is 30.7 Å². The summed E-state index contributed by atoms with van der Waals surface area (Å²) in [6.07, 6.45) is 3.19. The molecule has 0 bridgehead atoms. The second-order valence-corrected chi connectivity index (χ2v) is 8.50. The molecule has 2 N–H and O–H groups in total. The number of rotatable bonds is 6. The van der Waals surface area contributed by atoms with Crippen LogP contribution in [-0.4, -0.2) is 50.9 Å². The monoisotopic (exact) mass is 469 g/mol. The first-order valence-corrected chi connectivity index (χ1v) is 10.5. The van der Waals surface area contributed by atoms with E-state index in [1.54, 1.807) is 13.1 Å². The van der Waals surface area contributed by atoms with Crippen LogP contribution in [0.25, 0.3) is 22.5 Å². The lowest BCUT2D eigenvalue weighted by molar-refractivity contribution is 0.0691. The summed E-state index contributed by atoms with van der Waals surface area (Å²) in [6, 6.07) is 3.86. The fourth-order valence-electron chi connectivity index (χ4n) is 3.61. The van der Waals surface area contributed by atoms with Crippen molar-refractivity contribution in [2.75, 3.05) is 19.8 Å². The first-order valence-electron chi connectivity index (χ1n) is 10.5. The first kappa shape index (κ1) is 22.0. The molecule has 1 unspecified atom stereocenters. The van der Waals surface area contributed by atoms with Crippen LogP contribution in [0, 0.1) is 24.0 Å². The topological polar surface area (TPSA) is 119 Å². The maximum Gasteiger partial charge on any atom is 0.250 e. The third kappa shape index (κ3) is 4.10. The highest BCUT2D eigenvalue weighted by molar-refractivity contribution is 5.96. The van der Waals surface area contributed by atoms with Crippen molar-refractivity contribution in [3.05, 3.63) is 53.7 Å². The van der Waals surface area contributed by atoms with Gasteiger partial charge in [0.2, 0.25) is 11.8 Å². The van der Waals surface area contributed by atoms with Gasteiger partial charge in [0.15, 0.2) is 23.3 Å². The van der Waals surface area contributed by atoms with Crippen LogP contribution in [0.15, 0.2) is 40.0 Å². The molecule has 4 heterocycles. The predicted octanol–water partition coefficient (Wildman–Crippen LogP) is 3.96. The number of benzene rings is 1. The summed E-state index contributed by atoms with van der Waals surface area (Å²) in [7, 11) is 0. The Kier molecular flexibility index (Phi) is 5.48. The minimum absolute atomic E-state index is 0.0592. The summed E-state index contributed by atoms with van der Waals surface area (Å²) >= 11 is 0. The Labute approximate surface area is 192 Å². The number of aryl methyl sites for hydroxylation is 1. The first-order chi connectivity index (χ1) is 16.3. The molecule has 3 aromatic heterocycles. The van der Waals surface area contributed by atoms with E-state index < -0.39 is 22.8 Å². The molecule has 0 fully saturated rings. The standard InChI is InChI=1S/C23H21F2N5O4/c1-12-29-30-22(33-12)14-8-27-21-19(14)17(3-4-26-21)34-20-15(24)5-13(6-16(20)25)7-18-28-9-23(2,10-31)11-32-18/h3-6,8,31H,7,9-11H2,1-2H3,(H,26,27). The van der Waals surface area contributed by atoms with E-state index in [-0.39, 0.29) is 31.3 Å². The normalized spacial score (nSPS) is 18.1. The lowest BCUT2D eigenvalue weighted by Gasteiger charge is -2.30. The number of H-pyrrole nitrogens is 1. The Morgan fingerprint density at radius 3 is 2.68 bits per heavy atom. The average molecular weight is 469 g/mol. The highest BCUT2D eigenvalue weighted by Crippen LogP contribution is 2.38. The Morgan fingerprint density at radius 1 is 1.24 bits per heavy atom. The number of aliphatic hydroxyl groups excluding tert-OH is 1. The van der Waals surface area contributed by atoms with Gasteiger partial charge in [-0.05, 0) is 23.8 Å². The number of aromatic amines is 1. The quantitative estimate of drug-likeness (QED) is 0.439. The Balaban J connectivity index is 1.43. The summed E-state index contributed by atoms with van der Waals surface area (Å²) in [5, 5.41) is 17.7. The number of aliphatic hydroxyl groups is 1. The fourth-order valence-corrected chi connectivity index (χ4v) is 3.61. The van der Waals surface area contributed by atoms with Gasteiger partial charge in [0.1, 0.15) is 11.4 Å². The molecule has 176 valence electrons. The molecule has 0 saturated carbocycles. The maximum absolute atomic E-state index is 14.9. The average Bonchev–Trinajstić information content (AvgIpc) is 3.44. The van der Waals surface area contributed by atoms with E-state index >= 15 is 0 Å². The van der Waals surface area contributed by atoms with Gasteiger partial charge >= 0.3 is 0 Å². The van der Waals surface area contributed by atoms with Crippen LogP contribution in [0.4, 0.5) is 8.78 Å². The predicted molar refractivity (Wildman–Crippen MR) is 118 cm³/mol. The number of hydrogen-bond donors (Lipinski definition) is 2. The second kappa shape index (κ2) is 8.49. The van der Waals surface area contributed by atoms with Crippen molar-refractivity contribution in [2.24, 2.45) is 10.4 Å². The van der Waals surface area contributed by atoms with E-state index in [1.807, 2.05) is 6.92 Å². The summed E-state index contributed by atoms with van der Waals surface area (Å²) in [5.74, 6) is -1.17. The van der Waals surface area contributed by atoms with Gasteiger partial charge < -0.3 is 24.0 Å². The number of aromatic nitrogens is 4. The number of aliphatic imine (C=N–C) groups is 1. The summed E-state index contributed by atoms with van der Waals surface area (Å²) in [5.41, 5.74) is 0.823. The molecule has 34 heavy (non-hydrogen) atoms. The summed E-state index contributed by atoms with van der Waals surface area (Å²) < 4.78 is 46.6. The molecule has 0 aliphatic carbocycles. The number of nitrogens with zero attached hydrogens (tertiary/aromatic N) is 4. The van der Waals surface area contributed by atoms with Crippen LogP contribution in [-0.2, 0) is 11.2 Å². The summed E-state index contributed by atoms with van der Waals surface area (Å²) in [6.45, 7) is 4.11. The van der Waals surface area contributed by atoms with Crippen molar-refractivity contribution < 1.29 is 27.8 Å². The lowest BCUT2D eigenvalue weighted by atomic mass is 9.92. The fraction of sp³-hybridized carbons (Fsp3) is 0.304. The molecular formula is C23H21F2N5O4. The number of fused-ring (bicyclic) bond motifs is 1. The molecule has 1 aliphatic heterocycles. The summed E-state index contributed by atoms with van der Waals surface area (Å²) in [4.78, 5) is 11.5. The molecule has 1 aromatic carbocycles. The van der Waals surface area contributed by atoms with Gasteiger partial charge in [0, 0.05) is 31.2 Å². The number of nitrogens with one attached hydrogen (secondary N) is 1. The van der Waals surface area contributed by atoms with E-state index in [0.29, 0.717) is 40.5 Å². The number of hydrogen-bond acceptors (Lipinski definition) is 8. The van der Waals surface area contributed by atoms with Crippen molar-refractivity contribution in [2.45, 2.75) is 20.3 Å². The molecule has 0 amide bonds. The van der Waals surface area contributed by atoms with E-state index in [4.69, 9.17) is 13.9 Å². The van der Waals surface area contributed by atoms with E-state index in [9.17, 15) is 13.9 Å². The highest BCUT2D eigenvalue weighted by Gasteiger charge is 2.29. The third-order valence-corrected chi connectivity index (χ3v) is 5.52. The van der Waals surface area contributed by atoms with E-state index in [1.165, 1.54) is 24.4 Å². The number of halogens is 2. The molecule has 1 aliphatic rings. The van der Waals surface area contributed by atoms with E-state index in [2.05, 4.69) is 25.2 Å². The van der Waals surface area contributed by atoms with Gasteiger partial charge in [-0.3, -0.25) is 4.99 Å². The van der Waals surface area contributed by atoms with Gasteiger partial charge in [0.25, 0.3) is 0 Å². The van der Waals surface area contributed by atoms with Crippen LogP contribution in [0.5, 0.6) is 11.5 Å². The number of pyridine rings is 1. The Bertz CT molecular complexity index is 1380. The van der Waals surface area contributed by atoms with Gasteiger partial charge in [-0.15, -0.1) is 10.2 Å². The Hall–Kier alpha value is -3.86. The van der Waals surface area contributed by atoms with Crippen LogP contribution in [0.2, 0.25) is 0 Å².